The first-order chi connectivity index (χ1) is 13.0. The highest BCUT2D eigenvalue weighted by molar-refractivity contribution is 6.21. The fourth-order valence-corrected chi connectivity index (χ4v) is 2.53. The quantitative estimate of drug-likeness (QED) is 0.641. The zero-order valence-corrected chi connectivity index (χ0v) is 14.0. The molecule has 0 unspecified atom stereocenters. The molecule has 3 amide bonds. The second-order valence-electron chi connectivity index (χ2n) is 5.61. The van der Waals surface area contributed by atoms with E-state index in [-0.39, 0.29) is 23.1 Å². The normalized spacial score (nSPS) is 12.3. The first-order valence-electron chi connectivity index (χ1n) is 7.90. The van der Waals surface area contributed by atoms with Gasteiger partial charge >= 0.3 is 5.97 Å². The van der Waals surface area contributed by atoms with Gasteiger partial charge in [-0.3, -0.25) is 14.4 Å². The van der Waals surface area contributed by atoms with Gasteiger partial charge < -0.3 is 10.1 Å². The predicted molar refractivity (Wildman–Crippen MR) is 92.5 cm³/mol. The van der Waals surface area contributed by atoms with Crippen LogP contribution in [0, 0.1) is 11.3 Å². The molecule has 0 bridgehead atoms. The lowest BCUT2D eigenvalue weighted by Gasteiger charge is -2.14. The van der Waals surface area contributed by atoms with Crippen LogP contribution in [0.25, 0.3) is 0 Å². The van der Waals surface area contributed by atoms with Gasteiger partial charge in [0.2, 0.25) is 5.91 Å². The number of nitrogens with zero attached hydrogens (tertiary/aromatic N) is 2. The third-order valence-corrected chi connectivity index (χ3v) is 3.85. The molecule has 0 atom stereocenters. The molecule has 1 aliphatic rings. The Morgan fingerprint density at radius 1 is 1.00 bits per heavy atom. The maximum Gasteiger partial charge on any atom is 0.339 e. The van der Waals surface area contributed by atoms with E-state index < -0.39 is 30.4 Å². The maximum atomic E-state index is 12.2. The molecule has 2 aromatic rings. The van der Waals surface area contributed by atoms with E-state index in [0.29, 0.717) is 5.69 Å². The van der Waals surface area contributed by atoms with Gasteiger partial charge in [0.05, 0.1) is 22.8 Å². The van der Waals surface area contributed by atoms with Crippen molar-refractivity contribution >= 4 is 29.4 Å². The number of nitriles is 1. The summed E-state index contributed by atoms with van der Waals surface area (Å²) in [5, 5.41) is 10.9. The van der Waals surface area contributed by atoms with Gasteiger partial charge in [-0.25, -0.2) is 9.69 Å². The van der Waals surface area contributed by atoms with Crippen molar-refractivity contribution in [2.24, 2.45) is 0 Å². The number of ether oxygens (including phenoxy) is 1. The standard InChI is InChI=1S/C19H13N3O5/c20-10-9-16(23)21-13-7-5-12(6-8-13)19(26)27-11-22-17(24)14-3-1-2-4-15(14)18(22)25/h1-8H,9,11H2,(H,21,23). The maximum absolute atomic E-state index is 12.2. The van der Waals surface area contributed by atoms with Crippen LogP contribution in [0.5, 0.6) is 0 Å². The highest BCUT2D eigenvalue weighted by Crippen LogP contribution is 2.22. The molecule has 1 heterocycles. The van der Waals surface area contributed by atoms with Gasteiger partial charge in [0.15, 0.2) is 6.73 Å². The minimum absolute atomic E-state index is 0.185. The van der Waals surface area contributed by atoms with Crippen molar-refractivity contribution in [1.82, 2.24) is 4.90 Å². The van der Waals surface area contributed by atoms with E-state index >= 15 is 0 Å². The zero-order chi connectivity index (χ0) is 19.4. The topological polar surface area (TPSA) is 117 Å². The van der Waals surface area contributed by atoms with Crippen molar-refractivity contribution in [2.45, 2.75) is 6.42 Å². The Morgan fingerprint density at radius 2 is 1.59 bits per heavy atom. The number of imide groups is 1. The molecule has 8 nitrogen and oxygen atoms in total. The van der Waals surface area contributed by atoms with Gasteiger partial charge in [0, 0.05) is 5.69 Å². The summed E-state index contributed by atoms with van der Waals surface area (Å²) in [6.07, 6.45) is -0.274. The van der Waals surface area contributed by atoms with E-state index in [1.807, 2.05) is 0 Å². The number of benzene rings is 2. The molecule has 27 heavy (non-hydrogen) atoms. The van der Waals surface area contributed by atoms with Crippen molar-refractivity contribution in [3.8, 4) is 6.07 Å². The van der Waals surface area contributed by atoms with Crippen LogP contribution < -0.4 is 5.32 Å². The van der Waals surface area contributed by atoms with Crippen molar-refractivity contribution < 1.29 is 23.9 Å². The summed E-state index contributed by atoms with van der Waals surface area (Å²) in [4.78, 5) is 48.7. The third-order valence-electron chi connectivity index (χ3n) is 3.85. The molecular formula is C19H13N3O5. The summed E-state index contributed by atoms with van der Waals surface area (Å²) in [6, 6.07) is 13.9. The smallest absolute Gasteiger partial charge is 0.339 e. The Bertz CT molecular complexity index is 941. The fraction of sp³-hybridized carbons (Fsp3) is 0.105. The van der Waals surface area contributed by atoms with Crippen LogP contribution >= 0.6 is 0 Å². The van der Waals surface area contributed by atoms with Crippen LogP contribution in [0.15, 0.2) is 48.5 Å². The van der Waals surface area contributed by atoms with E-state index in [4.69, 9.17) is 10.00 Å². The molecule has 134 valence electrons. The number of carbonyl (C=O) groups excluding carboxylic acids is 4. The molecular weight excluding hydrogens is 350 g/mol. The highest BCUT2D eigenvalue weighted by atomic mass is 16.5. The summed E-state index contributed by atoms with van der Waals surface area (Å²) in [7, 11) is 0. The molecule has 0 fully saturated rings. The first-order valence-corrected chi connectivity index (χ1v) is 7.90. The lowest BCUT2D eigenvalue weighted by atomic mass is 10.1. The summed E-state index contributed by atoms with van der Waals surface area (Å²) in [5.74, 6) is -2.21. The largest absolute Gasteiger partial charge is 0.440 e. The zero-order valence-electron chi connectivity index (χ0n) is 14.0. The highest BCUT2D eigenvalue weighted by Gasteiger charge is 2.35. The number of fused-ring (bicyclic) bond motifs is 1. The average molecular weight is 363 g/mol. The molecule has 0 aliphatic carbocycles. The Labute approximate surface area is 153 Å². The number of rotatable bonds is 5. The lowest BCUT2D eigenvalue weighted by Crippen LogP contribution is -2.33. The number of hydrogen-bond acceptors (Lipinski definition) is 6. The number of anilines is 1. The van der Waals surface area contributed by atoms with E-state index in [1.54, 1.807) is 18.2 Å². The molecule has 8 heteroatoms. The number of amides is 3. The minimum Gasteiger partial charge on any atom is -0.440 e. The second kappa shape index (κ2) is 7.49. The van der Waals surface area contributed by atoms with Crippen molar-refractivity contribution in [2.75, 3.05) is 12.0 Å². The summed E-state index contributed by atoms with van der Waals surface area (Å²) >= 11 is 0. The molecule has 0 saturated carbocycles. The van der Waals surface area contributed by atoms with Crippen LogP contribution in [0.1, 0.15) is 37.5 Å². The first kappa shape index (κ1) is 17.8. The predicted octanol–water partition coefficient (Wildman–Crippen LogP) is 1.95. The Kier molecular flexibility index (Phi) is 4.95. The van der Waals surface area contributed by atoms with Gasteiger partial charge in [-0.05, 0) is 36.4 Å². The summed E-state index contributed by atoms with van der Waals surface area (Å²) in [6.45, 7) is -0.494. The minimum atomic E-state index is -0.721. The molecule has 0 radical (unpaired) electrons. The van der Waals surface area contributed by atoms with E-state index in [0.717, 1.165) is 4.90 Å². The van der Waals surface area contributed by atoms with Crippen LogP contribution in [0.2, 0.25) is 0 Å². The van der Waals surface area contributed by atoms with Crippen LogP contribution in [0.3, 0.4) is 0 Å². The van der Waals surface area contributed by atoms with Crippen molar-refractivity contribution in [1.29, 1.82) is 5.26 Å². The summed E-state index contributed by atoms with van der Waals surface area (Å²) in [5.41, 5.74) is 1.16. The molecule has 3 rings (SSSR count). The molecule has 2 aromatic carbocycles. The van der Waals surface area contributed by atoms with Gasteiger partial charge in [0.1, 0.15) is 6.42 Å². The average Bonchev–Trinajstić information content (AvgIpc) is 2.91. The molecule has 0 saturated heterocycles. The van der Waals surface area contributed by atoms with E-state index in [9.17, 15) is 19.2 Å². The van der Waals surface area contributed by atoms with E-state index in [1.165, 1.54) is 36.4 Å². The van der Waals surface area contributed by atoms with Crippen molar-refractivity contribution in [3.63, 3.8) is 0 Å². The van der Waals surface area contributed by atoms with Crippen molar-refractivity contribution in [3.05, 3.63) is 65.2 Å². The number of esters is 1. The molecule has 0 spiro atoms. The van der Waals surface area contributed by atoms with Gasteiger partial charge in [-0.15, -0.1) is 0 Å². The van der Waals surface area contributed by atoms with Crippen LogP contribution in [-0.2, 0) is 9.53 Å². The SMILES string of the molecule is N#CCC(=O)Nc1ccc(C(=O)OCN2C(=O)c3ccccc3C2=O)cc1. The number of hydrogen-bond donors (Lipinski definition) is 1. The van der Waals surface area contributed by atoms with Gasteiger partial charge in [-0.1, -0.05) is 12.1 Å². The summed E-state index contributed by atoms with van der Waals surface area (Å²) < 4.78 is 5.06. The Morgan fingerprint density at radius 3 is 2.15 bits per heavy atom. The van der Waals surface area contributed by atoms with Crippen LogP contribution in [0.4, 0.5) is 5.69 Å². The molecule has 1 N–H and O–H groups in total. The fourth-order valence-electron chi connectivity index (χ4n) is 2.53. The second-order valence-corrected chi connectivity index (χ2v) is 5.61. The van der Waals surface area contributed by atoms with Gasteiger partial charge in [0.25, 0.3) is 11.8 Å². The Balaban J connectivity index is 1.60. The lowest BCUT2D eigenvalue weighted by molar-refractivity contribution is -0.115. The number of carbonyl (C=O) groups is 4. The van der Waals surface area contributed by atoms with E-state index in [2.05, 4.69) is 5.32 Å². The monoisotopic (exact) mass is 363 g/mol. The third kappa shape index (κ3) is 3.67. The molecule has 0 aromatic heterocycles. The molecule has 1 aliphatic heterocycles. The van der Waals surface area contributed by atoms with Gasteiger partial charge in [-0.2, -0.15) is 5.26 Å². The number of nitrogens with one attached hydrogen (secondary N) is 1. The Hall–Kier alpha value is -3.99. The van der Waals surface area contributed by atoms with Crippen LogP contribution in [-0.4, -0.2) is 35.3 Å².